The fraction of sp³-hybridized carbons (Fsp3) is 0.667. The number of rotatable bonds is 7. The Balaban J connectivity index is 0.000000216. The summed E-state index contributed by atoms with van der Waals surface area (Å²) in [5.41, 5.74) is 6.80. The fourth-order valence-corrected chi connectivity index (χ4v) is 7.53. The van der Waals surface area contributed by atoms with Gasteiger partial charge in [-0.3, -0.25) is 19.2 Å². The van der Waals surface area contributed by atoms with Gasteiger partial charge in [0.15, 0.2) is 23.1 Å². The summed E-state index contributed by atoms with van der Waals surface area (Å²) in [6.45, 7) is 10.5. The van der Waals surface area contributed by atoms with Crippen LogP contribution in [0.2, 0.25) is 0 Å². The van der Waals surface area contributed by atoms with Crippen LogP contribution in [0.25, 0.3) is 0 Å². The van der Waals surface area contributed by atoms with Crippen LogP contribution in [0.3, 0.4) is 0 Å². The van der Waals surface area contributed by atoms with E-state index in [-0.39, 0.29) is 23.1 Å². The molecule has 0 aromatic carbocycles. The Morgan fingerprint density at radius 3 is 1.67 bits per heavy atom. The molecular formula is C33H51N5O4S3. The van der Waals surface area contributed by atoms with Crippen LogP contribution in [0.4, 0.5) is 0 Å². The highest BCUT2D eigenvalue weighted by molar-refractivity contribution is 7.80. The van der Waals surface area contributed by atoms with Crippen molar-refractivity contribution in [3.05, 3.63) is 32.2 Å². The standard InChI is InChI=1S/C11H15NOS.C10H14N2OS.C7H14N2S.C5H8O2/c1-8(13)10-7-14-11(12-10)9-5-3-2-4-6-9;1-7(13)9-6-14-10(12-9)8-2-4-11-5-3-8;1-9-4-2-6(3-5-9)7(8)10;1-3-5(7)4(2)6/h7,9H,2-6H2,1H3;6,8,11H,2-5H2,1H3;6H,2-5H2,1H3,(H2,8,10);3H2,1-2H3. The number of likely N-dealkylation sites (tertiary alicyclic amines) is 1. The smallest absolute Gasteiger partial charge is 0.197 e. The Morgan fingerprint density at radius 1 is 0.844 bits per heavy atom. The second kappa shape index (κ2) is 20.8. The Kier molecular flexibility index (Phi) is 18.0. The third-order valence-electron chi connectivity index (χ3n) is 8.24. The largest absolute Gasteiger partial charge is 0.393 e. The normalized spacial score (nSPS) is 17.8. The molecule has 0 radical (unpaired) electrons. The van der Waals surface area contributed by atoms with Crippen molar-refractivity contribution in [1.82, 2.24) is 20.2 Å². The van der Waals surface area contributed by atoms with Gasteiger partial charge < -0.3 is 16.0 Å². The second-order valence-electron chi connectivity index (χ2n) is 11.9. The molecule has 45 heavy (non-hydrogen) atoms. The molecule has 2 aliphatic heterocycles. The van der Waals surface area contributed by atoms with Crippen molar-refractivity contribution >= 4 is 63.0 Å². The van der Waals surface area contributed by atoms with Gasteiger partial charge in [0.1, 0.15) is 11.4 Å². The molecule has 0 atom stereocenters. The molecule has 5 rings (SSSR count). The molecule has 3 N–H and O–H groups in total. The molecule has 0 bridgehead atoms. The van der Waals surface area contributed by atoms with E-state index in [1.165, 1.54) is 44.0 Å². The molecule has 0 amide bonds. The van der Waals surface area contributed by atoms with Crippen molar-refractivity contribution in [3.8, 4) is 0 Å². The molecule has 1 saturated carbocycles. The summed E-state index contributed by atoms with van der Waals surface area (Å²) in [6, 6.07) is 0. The highest BCUT2D eigenvalue weighted by atomic mass is 32.1. The Labute approximate surface area is 282 Å². The summed E-state index contributed by atoms with van der Waals surface area (Å²) in [4.78, 5) is 54.1. The van der Waals surface area contributed by atoms with Crippen molar-refractivity contribution in [3.63, 3.8) is 0 Å². The molecule has 2 aromatic heterocycles. The van der Waals surface area contributed by atoms with Crippen molar-refractivity contribution in [2.45, 2.75) is 104 Å². The monoisotopic (exact) mass is 677 g/mol. The van der Waals surface area contributed by atoms with E-state index in [1.807, 2.05) is 10.8 Å². The highest BCUT2D eigenvalue weighted by Crippen LogP contribution is 2.34. The summed E-state index contributed by atoms with van der Waals surface area (Å²) < 4.78 is 0. The van der Waals surface area contributed by atoms with Gasteiger partial charge in [-0.25, -0.2) is 9.97 Å². The number of carbonyl (C=O) groups excluding carboxylic acids is 4. The van der Waals surface area contributed by atoms with E-state index in [9.17, 15) is 19.2 Å². The van der Waals surface area contributed by atoms with Crippen molar-refractivity contribution in [1.29, 1.82) is 0 Å². The van der Waals surface area contributed by atoms with Crippen LogP contribution in [-0.2, 0) is 9.59 Å². The third-order valence-corrected chi connectivity index (χ3v) is 10.6. The number of ketones is 4. The zero-order valence-corrected chi connectivity index (χ0v) is 30.0. The number of piperidine rings is 2. The minimum Gasteiger partial charge on any atom is -0.393 e. The number of aromatic nitrogens is 2. The fourth-order valence-electron chi connectivity index (χ4n) is 5.23. The van der Waals surface area contributed by atoms with Gasteiger partial charge in [0.05, 0.1) is 15.0 Å². The number of hydrogen-bond acceptors (Lipinski definition) is 11. The molecule has 250 valence electrons. The Morgan fingerprint density at radius 2 is 1.31 bits per heavy atom. The van der Waals surface area contributed by atoms with Crippen molar-refractivity contribution in [2.75, 3.05) is 33.2 Å². The Hall–Kier alpha value is -2.25. The summed E-state index contributed by atoms with van der Waals surface area (Å²) >= 11 is 8.19. The van der Waals surface area contributed by atoms with Gasteiger partial charge >= 0.3 is 0 Å². The number of Topliss-reactive ketones (excluding diaryl/α,β-unsaturated/α-hetero) is 4. The summed E-state index contributed by atoms with van der Waals surface area (Å²) in [7, 11) is 2.13. The molecule has 4 heterocycles. The third kappa shape index (κ3) is 14.4. The first-order valence-corrected chi connectivity index (χ1v) is 18.2. The number of carbonyl (C=O) groups is 4. The molecule has 1 aliphatic carbocycles. The van der Waals surface area contributed by atoms with Crippen LogP contribution in [0.15, 0.2) is 10.8 Å². The van der Waals surface area contributed by atoms with E-state index in [0.717, 1.165) is 56.9 Å². The molecule has 3 aliphatic rings. The van der Waals surface area contributed by atoms with Crippen LogP contribution in [0.5, 0.6) is 0 Å². The van der Waals surface area contributed by atoms with Crippen LogP contribution >= 0.6 is 34.9 Å². The van der Waals surface area contributed by atoms with Gasteiger partial charge in [0.25, 0.3) is 0 Å². The highest BCUT2D eigenvalue weighted by Gasteiger charge is 2.20. The van der Waals surface area contributed by atoms with Gasteiger partial charge in [-0.2, -0.15) is 0 Å². The van der Waals surface area contributed by atoms with Gasteiger partial charge in [-0.05, 0) is 71.8 Å². The predicted molar refractivity (Wildman–Crippen MR) is 188 cm³/mol. The van der Waals surface area contributed by atoms with E-state index in [4.69, 9.17) is 18.0 Å². The van der Waals surface area contributed by atoms with E-state index in [0.29, 0.717) is 40.6 Å². The lowest BCUT2D eigenvalue weighted by molar-refractivity contribution is -0.135. The summed E-state index contributed by atoms with van der Waals surface area (Å²) in [6.07, 6.45) is 11.4. The summed E-state index contributed by atoms with van der Waals surface area (Å²) in [5, 5.41) is 9.41. The van der Waals surface area contributed by atoms with E-state index in [1.54, 1.807) is 43.4 Å². The number of hydrogen-bond donors (Lipinski definition) is 2. The molecule has 3 fully saturated rings. The van der Waals surface area contributed by atoms with Gasteiger partial charge in [-0.1, -0.05) is 38.4 Å². The predicted octanol–water partition coefficient (Wildman–Crippen LogP) is 6.37. The molecule has 2 saturated heterocycles. The van der Waals surface area contributed by atoms with Gasteiger partial charge in [-0.15, -0.1) is 22.7 Å². The maximum absolute atomic E-state index is 11.1. The Bertz CT molecular complexity index is 1170. The van der Waals surface area contributed by atoms with Gasteiger partial charge in [0.2, 0.25) is 0 Å². The molecular weight excluding hydrogens is 627 g/mol. The number of thiazole rings is 2. The average molecular weight is 678 g/mol. The first-order chi connectivity index (χ1) is 21.4. The lowest BCUT2D eigenvalue weighted by Gasteiger charge is -2.27. The minimum atomic E-state index is -0.345. The first-order valence-electron chi connectivity index (χ1n) is 16.1. The summed E-state index contributed by atoms with van der Waals surface area (Å²) in [5.74, 6) is 1.22. The van der Waals surface area contributed by atoms with Crippen LogP contribution in [0, 0.1) is 5.92 Å². The minimum absolute atomic E-state index is 0.0708. The average Bonchev–Trinajstić information content (AvgIpc) is 3.74. The molecule has 2 aromatic rings. The van der Waals surface area contributed by atoms with E-state index < -0.39 is 0 Å². The lowest BCUT2D eigenvalue weighted by atomic mass is 9.90. The van der Waals surface area contributed by atoms with E-state index >= 15 is 0 Å². The SMILES string of the molecule is CC(=O)c1csc(C2CCCCC2)n1.CC(=O)c1csc(C2CCNCC2)n1.CCC(=O)C(C)=O.CN1CCC(C(N)=S)CC1. The number of nitrogens with two attached hydrogens (primary N) is 1. The lowest BCUT2D eigenvalue weighted by Crippen LogP contribution is -2.35. The zero-order valence-electron chi connectivity index (χ0n) is 27.6. The zero-order chi connectivity index (χ0) is 33.4. The number of nitrogens with one attached hydrogen (secondary N) is 1. The first kappa shape index (κ1) is 38.9. The second-order valence-corrected chi connectivity index (χ2v) is 14.2. The quantitative estimate of drug-likeness (QED) is 0.193. The van der Waals surface area contributed by atoms with Crippen LogP contribution in [-0.4, -0.2) is 76.2 Å². The number of nitrogens with zero attached hydrogens (tertiary/aromatic N) is 3. The maximum Gasteiger partial charge on any atom is 0.197 e. The topological polar surface area (TPSA) is 135 Å². The maximum atomic E-state index is 11.1. The van der Waals surface area contributed by atoms with E-state index in [2.05, 4.69) is 27.2 Å². The number of thiocarbonyl (C=S) groups is 1. The van der Waals surface area contributed by atoms with Crippen LogP contribution < -0.4 is 11.1 Å². The molecule has 0 unspecified atom stereocenters. The van der Waals surface area contributed by atoms with Crippen LogP contribution in [0.1, 0.15) is 135 Å². The molecule has 0 spiro atoms. The van der Waals surface area contributed by atoms with Crippen molar-refractivity contribution < 1.29 is 19.2 Å². The van der Waals surface area contributed by atoms with Crippen molar-refractivity contribution in [2.24, 2.45) is 11.7 Å². The molecule has 12 heteroatoms. The molecule has 9 nitrogen and oxygen atoms in total. The van der Waals surface area contributed by atoms with Gasteiger partial charge in [0, 0.05) is 55.7 Å².